The van der Waals surface area contributed by atoms with Crippen LogP contribution in [-0.2, 0) is 0 Å². The molecule has 0 aliphatic heterocycles. The van der Waals surface area contributed by atoms with Crippen LogP contribution in [0.5, 0.6) is 0 Å². The minimum Gasteiger partial charge on any atom is -0.478 e. The SMILES string of the molecule is Cc1nsc(Nc2ccc(F)c(N)c2C(=O)O)n1. The zero-order chi connectivity index (χ0) is 13.3. The summed E-state index contributed by atoms with van der Waals surface area (Å²) in [6.45, 7) is 1.71. The number of benzene rings is 1. The van der Waals surface area contributed by atoms with Gasteiger partial charge in [0.1, 0.15) is 17.2 Å². The van der Waals surface area contributed by atoms with Crippen molar-refractivity contribution in [3.05, 3.63) is 29.3 Å². The Morgan fingerprint density at radius 1 is 1.56 bits per heavy atom. The molecule has 0 fully saturated rings. The van der Waals surface area contributed by atoms with Gasteiger partial charge < -0.3 is 16.2 Å². The van der Waals surface area contributed by atoms with Crippen LogP contribution in [-0.4, -0.2) is 20.4 Å². The van der Waals surface area contributed by atoms with Gasteiger partial charge in [0.2, 0.25) is 5.13 Å². The van der Waals surface area contributed by atoms with Gasteiger partial charge in [-0.3, -0.25) is 0 Å². The van der Waals surface area contributed by atoms with Gasteiger partial charge in [0.25, 0.3) is 0 Å². The van der Waals surface area contributed by atoms with Gasteiger partial charge in [-0.2, -0.15) is 4.37 Å². The van der Waals surface area contributed by atoms with Crippen molar-refractivity contribution in [3.8, 4) is 0 Å². The normalized spacial score (nSPS) is 10.3. The van der Waals surface area contributed by atoms with Crippen LogP contribution in [0.4, 0.5) is 20.9 Å². The number of aryl methyl sites for hydroxylation is 1. The molecule has 2 aromatic rings. The molecule has 0 spiro atoms. The van der Waals surface area contributed by atoms with Crippen LogP contribution in [0.1, 0.15) is 16.2 Å². The number of nitrogens with two attached hydrogens (primary N) is 1. The third kappa shape index (κ3) is 2.23. The number of hydrogen-bond donors (Lipinski definition) is 3. The van der Waals surface area contributed by atoms with Crippen LogP contribution in [0, 0.1) is 12.7 Å². The van der Waals surface area contributed by atoms with Crippen molar-refractivity contribution in [2.45, 2.75) is 6.92 Å². The summed E-state index contributed by atoms with van der Waals surface area (Å²) in [5.74, 6) is -1.52. The first-order chi connectivity index (χ1) is 8.49. The van der Waals surface area contributed by atoms with E-state index in [0.717, 1.165) is 17.6 Å². The highest BCUT2D eigenvalue weighted by atomic mass is 32.1. The molecule has 1 aromatic carbocycles. The lowest BCUT2D eigenvalue weighted by atomic mass is 10.1. The molecular weight excluding hydrogens is 259 g/mol. The van der Waals surface area contributed by atoms with Gasteiger partial charge in [0.05, 0.1) is 11.4 Å². The second kappa shape index (κ2) is 4.57. The van der Waals surface area contributed by atoms with E-state index in [9.17, 15) is 9.18 Å². The van der Waals surface area contributed by atoms with Crippen molar-refractivity contribution < 1.29 is 14.3 Å². The Morgan fingerprint density at radius 2 is 2.28 bits per heavy atom. The predicted molar refractivity (Wildman–Crippen MR) is 65.7 cm³/mol. The highest BCUT2D eigenvalue weighted by molar-refractivity contribution is 7.09. The molecule has 0 amide bonds. The monoisotopic (exact) mass is 268 g/mol. The lowest BCUT2D eigenvalue weighted by Crippen LogP contribution is -2.08. The molecule has 8 heteroatoms. The van der Waals surface area contributed by atoms with E-state index < -0.39 is 17.5 Å². The van der Waals surface area contributed by atoms with Gasteiger partial charge in [-0.25, -0.2) is 14.2 Å². The molecule has 2 rings (SSSR count). The van der Waals surface area contributed by atoms with Crippen molar-refractivity contribution in [1.29, 1.82) is 0 Å². The van der Waals surface area contributed by atoms with Gasteiger partial charge in [0.15, 0.2) is 0 Å². The van der Waals surface area contributed by atoms with Crippen LogP contribution in [0.25, 0.3) is 0 Å². The smallest absolute Gasteiger partial charge is 0.340 e. The summed E-state index contributed by atoms with van der Waals surface area (Å²) in [7, 11) is 0. The molecule has 1 aromatic heterocycles. The Hall–Kier alpha value is -2.22. The topological polar surface area (TPSA) is 101 Å². The Kier molecular flexibility index (Phi) is 3.11. The first-order valence-electron chi connectivity index (χ1n) is 4.87. The summed E-state index contributed by atoms with van der Waals surface area (Å²) in [6, 6.07) is 2.39. The van der Waals surface area contributed by atoms with E-state index in [1.165, 1.54) is 6.07 Å². The van der Waals surface area contributed by atoms with Crippen molar-refractivity contribution in [1.82, 2.24) is 9.36 Å². The molecule has 4 N–H and O–H groups in total. The molecule has 0 aliphatic rings. The Morgan fingerprint density at radius 3 is 2.83 bits per heavy atom. The quantitative estimate of drug-likeness (QED) is 0.736. The minimum absolute atomic E-state index is 0.178. The Bertz CT molecular complexity index is 614. The van der Waals surface area contributed by atoms with Crippen molar-refractivity contribution >= 4 is 34.0 Å². The molecule has 0 bridgehead atoms. The number of aromatic carboxylic acids is 1. The molecule has 1 heterocycles. The molecule has 0 unspecified atom stereocenters. The molecule has 0 atom stereocenters. The molecule has 0 aliphatic carbocycles. The summed E-state index contributed by atoms with van der Waals surface area (Å²) in [5.41, 5.74) is 4.87. The number of carbonyl (C=O) groups is 1. The van der Waals surface area contributed by atoms with E-state index in [2.05, 4.69) is 14.7 Å². The summed E-state index contributed by atoms with van der Waals surface area (Å²) in [6.07, 6.45) is 0. The number of carboxylic acids is 1. The number of aromatic nitrogens is 2. The molecule has 94 valence electrons. The van der Waals surface area contributed by atoms with Crippen LogP contribution >= 0.6 is 11.5 Å². The molecule has 18 heavy (non-hydrogen) atoms. The number of anilines is 3. The fourth-order valence-corrected chi connectivity index (χ4v) is 1.98. The predicted octanol–water partition coefficient (Wildman–Crippen LogP) is 2.01. The number of nitrogens with one attached hydrogen (secondary N) is 1. The first kappa shape index (κ1) is 12.2. The summed E-state index contributed by atoms with van der Waals surface area (Å²) in [5, 5.41) is 12.2. The van der Waals surface area contributed by atoms with E-state index in [4.69, 9.17) is 10.8 Å². The van der Waals surface area contributed by atoms with Gasteiger partial charge in [-0.1, -0.05) is 0 Å². The molecule has 0 saturated heterocycles. The number of halogens is 1. The Labute approximate surface area is 105 Å². The number of nitrogens with zero attached hydrogens (tertiary/aromatic N) is 2. The van der Waals surface area contributed by atoms with Gasteiger partial charge >= 0.3 is 5.97 Å². The van der Waals surface area contributed by atoms with E-state index in [0.29, 0.717) is 11.0 Å². The highest BCUT2D eigenvalue weighted by Gasteiger charge is 2.18. The number of rotatable bonds is 3. The highest BCUT2D eigenvalue weighted by Crippen LogP contribution is 2.28. The minimum atomic E-state index is -1.31. The first-order valence-corrected chi connectivity index (χ1v) is 5.65. The van der Waals surface area contributed by atoms with E-state index in [1.54, 1.807) is 6.92 Å². The van der Waals surface area contributed by atoms with Gasteiger partial charge in [-0.05, 0) is 19.1 Å². The molecule has 6 nitrogen and oxygen atoms in total. The lowest BCUT2D eigenvalue weighted by molar-refractivity contribution is 0.0698. The maximum absolute atomic E-state index is 13.2. The van der Waals surface area contributed by atoms with Crippen molar-refractivity contribution in [3.63, 3.8) is 0 Å². The second-order valence-corrected chi connectivity index (χ2v) is 4.21. The summed E-state index contributed by atoms with van der Waals surface area (Å²) >= 11 is 1.08. The number of carboxylic acid groups (broad SMARTS) is 1. The molecule has 0 radical (unpaired) electrons. The average molecular weight is 268 g/mol. The van der Waals surface area contributed by atoms with Crippen LogP contribution < -0.4 is 11.1 Å². The molecular formula is C10H9FN4O2S. The fourth-order valence-electron chi connectivity index (χ4n) is 1.39. The summed E-state index contributed by atoms with van der Waals surface area (Å²) in [4.78, 5) is 15.1. The van der Waals surface area contributed by atoms with E-state index in [1.807, 2.05) is 0 Å². The van der Waals surface area contributed by atoms with Gasteiger partial charge in [0, 0.05) is 11.5 Å². The lowest BCUT2D eigenvalue weighted by Gasteiger charge is -2.09. The van der Waals surface area contributed by atoms with E-state index in [-0.39, 0.29) is 11.3 Å². The largest absolute Gasteiger partial charge is 0.478 e. The molecule has 0 saturated carbocycles. The average Bonchev–Trinajstić information content (AvgIpc) is 2.69. The fraction of sp³-hybridized carbons (Fsp3) is 0.100. The van der Waals surface area contributed by atoms with E-state index >= 15 is 0 Å². The van der Waals surface area contributed by atoms with Crippen molar-refractivity contribution in [2.75, 3.05) is 11.1 Å². The van der Waals surface area contributed by atoms with Crippen LogP contribution in [0.15, 0.2) is 12.1 Å². The third-order valence-electron chi connectivity index (χ3n) is 2.18. The number of hydrogen-bond acceptors (Lipinski definition) is 6. The third-order valence-corrected chi connectivity index (χ3v) is 2.90. The number of nitrogen functional groups attached to an aromatic ring is 1. The summed E-state index contributed by atoms with van der Waals surface area (Å²) < 4.78 is 17.2. The second-order valence-electron chi connectivity index (χ2n) is 3.46. The van der Waals surface area contributed by atoms with Crippen LogP contribution in [0.3, 0.4) is 0 Å². The van der Waals surface area contributed by atoms with Crippen LogP contribution in [0.2, 0.25) is 0 Å². The van der Waals surface area contributed by atoms with Crippen molar-refractivity contribution in [2.24, 2.45) is 0 Å². The zero-order valence-electron chi connectivity index (χ0n) is 9.27. The standard InChI is InChI=1S/C10H9FN4O2S/c1-4-13-10(18-15-4)14-6-3-2-5(11)8(12)7(6)9(16)17/h2-3H,12H2,1H3,(H,16,17)(H,13,14,15). The van der Waals surface area contributed by atoms with Gasteiger partial charge in [-0.15, -0.1) is 0 Å². The zero-order valence-corrected chi connectivity index (χ0v) is 10.1. The Balaban J connectivity index is 2.44. The maximum atomic E-state index is 13.2. The maximum Gasteiger partial charge on any atom is 0.340 e.